The van der Waals surface area contributed by atoms with Crippen molar-refractivity contribution in [3.8, 4) is 0 Å². The summed E-state index contributed by atoms with van der Waals surface area (Å²) in [4.78, 5) is 12.2. The number of aryl methyl sites for hydroxylation is 1. The number of aromatic nitrogens is 1. The average Bonchev–Trinajstić information content (AvgIpc) is 2.64. The molecule has 0 spiro atoms. The van der Waals surface area contributed by atoms with Gasteiger partial charge in [0.1, 0.15) is 0 Å². The van der Waals surface area contributed by atoms with Gasteiger partial charge in [-0.1, -0.05) is 24.3 Å². The average molecular weight is 331 g/mol. The van der Waals surface area contributed by atoms with Gasteiger partial charge in [-0.15, -0.1) is 0 Å². The van der Waals surface area contributed by atoms with E-state index < -0.39 is 0 Å². The quantitative estimate of drug-likeness (QED) is 0.549. The first-order chi connectivity index (χ1) is 12.2. The van der Waals surface area contributed by atoms with Gasteiger partial charge in [0, 0.05) is 24.7 Å². The lowest BCUT2D eigenvalue weighted by atomic mass is 10.3. The van der Waals surface area contributed by atoms with E-state index in [1.54, 1.807) is 0 Å². The zero-order valence-electron chi connectivity index (χ0n) is 14.0. The molecule has 1 heterocycles. The molecule has 1 aromatic heterocycles. The van der Waals surface area contributed by atoms with Gasteiger partial charge >= 0.3 is 0 Å². The molecule has 0 bridgehead atoms. The second-order valence-electron chi connectivity index (χ2n) is 5.60. The molecular formula is C20H19N4O+. The standard InChI is InChI=1S/C20H18N4O/c1-16-7-5-6-14-24(16)15-20(25)21-17-10-12-19(13-11-17)23-22-18-8-3-2-4-9-18/h2-14H,15H2,1H3/p+1. The van der Waals surface area contributed by atoms with Gasteiger partial charge in [0.15, 0.2) is 11.9 Å². The first-order valence-electron chi connectivity index (χ1n) is 8.02. The van der Waals surface area contributed by atoms with E-state index >= 15 is 0 Å². The fraction of sp³-hybridized carbons (Fsp3) is 0.100. The molecule has 0 aliphatic heterocycles. The number of hydrogen-bond acceptors (Lipinski definition) is 3. The molecule has 0 aliphatic rings. The van der Waals surface area contributed by atoms with Gasteiger partial charge in [-0.25, -0.2) is 0 Å². The third-order valence-corrected chi connectivity index (χ3v) is 3.67. The molecule has 0 saturated carbocycles. The number of benzene rings is 2. The molecule has 0 aliphatic carbocycles. The lowest BCUT2D eigenvalue weighted by Gasteiger charge is -2.04. The molecule has 5 heteroatoms. The van der Waals surface area contributed by atoms with Crippen molar-refractivity contribution in [3.05, 3.63) is 84.7 Å². The van der Waals surface area contributed by atoms with Crippen LogP contribution in [0, 0.1) is 6.92 Å². The monoisotopic (exact) mass is 331 g/mol. The largest absolute Gasteiger partial charge is 0.321 e. The van der Waals surface area contributed by atoms with Crippen LogP contribution in [-0.4, -0.2) is 5.91 Å². The van der Waals surface area contributed by atoms with Crippen LogP contribution >= 0.6 is 0 Å². The number of carbonyl (C=O) groups is 1. The highest BCUT2D eigenvalue weighted by Crippen LogP contribution is 2.19. The van der Waals surface area contributed by atoms with Crippen LogP contribution in [0.1, 0.15) is 5.69 Å². The van der Waals surface area contributed by atoms with Gasteiger partial charge in [0.25, 0.3) is 5.91 Å². The minimum atomic E-state index is -0.0713. The Hall–Kier alpha value is -3.34. The Kier molecular flexibility index (Phi) is 5.26. The Labute approximate surface area is 146 Å². The molecule has 5 nitrogen and oxygen atoms in total. The van der Waals surface area contributed by atoms with Crippen LogP contribution in [0.5, 0.6) is 0 Å². The second kappa shape index (κ2) is 7.97. The van der Waals surface area contributed by atoms with Gasteiger partial charge in [0.05, 0.1) is 11.4 Å². The van der Waals surface area contributed by atoms with Crippen molar-refractivity contribution < 1.29 is 9.36 Å². The number of nitrogens with one attached hydrogen (secondary N) is 1. The zero-order valence-corrected chi connectivity index (χ0v) is 14.0. The van der Waals surface area contributed by atoms with Crippen LogP contribution in [0.2, 0.25) is 0 Å². The van der Waals surface area contributed by atoms with Gasteiger partial charge in [-0.2, -0.15) is 14.8 Å². The van der Waals surface area contributed by atoms with E-state index in [4.69, 9.17) is 0 Å². The van der Waals surface area contributed by atoms with Crippen LogP contribution in [-0.2, 0) is 11.3 Å². The Morgan fingerprint density at radius 3 is 2.20 bits per heavy atom. The van der Waals surface area contributed by atoms with Gasteiger partial charge in [-0.05, 0) is 36.4 Å². The number of azo groups is 1. The van der Waals surface area contributed by atoms with Crippen LogP contribution in [0.3, 0.4) is 0 Å². The topological polar surface area (TPSA) is 57.7 Å². The van der Waals surface area contributed by atoms with Gasteiger partial charge in [0.2, 0.25) is 6.54 Å². The molecule has 1 amide bonds. The molecule has 3 aromatic rings. The molecule has 124 valence electrons. The number of pyridine rings is 1. The molecule has 0 saturated heterocycles. The fourth-order valence-corrected chi connectivity index (χ4v) is 2.32. The predicted octanol–water partition coefficient (Wildman–Crippen LogP) is 4.34. The summed E-state index contributed by atoms with van der Waals surface area (Å²) in [7, 11) is 0. The second-order valence-corrected chi connectivity index (χ2v) is 5.60. The van der Waals surface area contributed by atoms with Gasteiger partial charge < -0.3 is 5.32 Å². The minimum absolute atomic E-state index is 0.0713. The summed E-state index contributed by atoms with van der Waals surface area (Å²) >= 11 is 0. The normalized spacial score (nSPS) is 10.8. The van der Waals surface area contributed by atoms with Crippen molar-refractivity contribution in [3.63, 3.8) is 0 Å². The summed E-state index contributed by atoms with van der Waals surface area (Å²) < 4.78 is 1.90. The number of rotatable bonds is 5. The zero-order chi connectivity index (χ0) is 17.5. The molecule has 0 fully saturated rings. The van der Waals surface area contributed by atoms with Crippen LogP contribution in [0.4, 0.5) is 17.1 Å². The van der Waals surface area contributed by atoms with E-state index in [1.807, 2.05) is 90.5 Å². The number of amides is 1. The van der Waals surface area contributed by atoms with Crippen molar-refractivity contribution in [2.75, 3.05) is 5.32 Å². The van der Waals surface area contributed by atoms with Crippen LogP contribution in [0.25, 0.3) is 0 Å². The summed E-state index contributed by atoms with van der Waals surface area (Å²) in [5, 5.41) is 11.2. The maximum atomic E-state index is 12.2. The molecule has 0 unspecified atom stereocenters. The Balaban J connectivity index is 1.60. The summed E-state index contributed by atoms with van der Waals surface area (Å²) in [5.41, 5.74) is 3.30. The van der Waals surface area contributed by atoms with Crippen LogP contribution < -0.4 is 9.88 Å². The Morgan fingerprint density at radius 1 is 0.880 bits per heavy atom. The molecule has 0 atom stereocenters. The maximum Gasteiger partial charge on any atom is 0.290 e. The summed E-state index contributed by atoms with van der Waals surface area (Å²) in [6.45, 7) is 2.25. The molecule has 2 aromatic carbocycles. The Morgan fingerprint density at radius 2 is 1.52 bits per heavy atom. The molecule has 0 radical (unpaired) electrons. The summed E-state index contributed by atoms with van der Waals surface area (Å²) in [6, 6.07) is 22.7. The van der Waals surface area contributed by atoms with Gasteiger partial charge in [-0.3, -0.25) is 4.79 Å². The fourth-order valence-electron chi connectivity index (χ4n) is 2.32. The summed E-state index contributed by atoms with van der Waals surface area (Å²) in [6.07, 6.45) is 1.89. The summed E-state index contributed by atoms with van der Waals surface area (Å²) in [5.74, 6) is -0.0713. The smallest absolute Gasteiger partial charge is 0.290 e. The van der Waals surface area contributed by atoms with E-state index in [0.29, 0.717) is 0 Å². The first kappa shape index (κ1) is 16.5. The van der Waals surface area contributed by atoms with E-state index in [2.05, 4.69) is 15.5 Å². The lowest BCUT2D eigenvalue weighted by molar-refractivity contribution is -0.690. The molecule has 1 N–H and O–H groups in total. The van der Waals surface area contributed by atoms with E-state index in [9.17, 15) is 4.79 Å². The van der Waals surface area contributed by atoms with Crippen molar-refractivity contribution in [2.45, 2.75) is 13.5 Å². The number of nitrogens with zero attached hydrogens (tertiary/aromatic N) is 3. The third kappa shape index (κ3) is 4.81. The third-order valence-electron chi connectivity index (χ3n) is 3.67. The van der Waals surface area contributed by atoms with Crippen molar-refractivity contribution in [1.82, 2.24) is 0 Å². The minimum Gasteiger partial charge on any atom is -0.321 e. The van der Waals surface area contributed by atoms with Crippen LogP contribution in [0.15, 0.2) is 89.2 Å². The Bertz CT molecular complexity index is 874. The molecule has 25 heavy (non-hydrogen) atoms. The highest BCUT2D eigenvalue weighted by Gasteiger charge is 2.11. The SMILES string of the molecule is Cc1cccc[n+]1CC(=O)Nc1ccc(N=Nc2ccccc2)cc1. The lowest BCUT2D eigenvalue weighted by Crippen LogP contribution is -2.42. The number of anilines is 1. The maximum absolute atomic E-state index is 12.2. The molecule has 3 rings (SSSR count). The highest BCUT2D eigenvalue weighted by atomic mass is 16.1. The van der Waals surface area contributed by atoms with Crippen molar-refractivity contribution >= 4 is 23.0 Å². The number of carbonyl (C=O) groups excluding carboxylic acids is 1. The van der Waals surface area contributed by atoms with Crippen molar-refractivity contribution in [1.29, 1.82) is 0 Å². The molecular weight excluding hydrogens is 312 g/mol. The predicted molar refractivity (Wildman–Crippen MR) is 97.1 cm³/mol. The number of hydrogen-bond donors (Lipinski definition) is 1. The highest BCUT2D eigenvalue weighted by molar-refractivity contribution is 5.89. The van der Waals surface area contributed by atoms with E-state index in [1.165, 1.54) is 0 Å². The van der Waals surface area contributed by atoms with E-state index in [0.717, 1.165) is 22.8 Å². The van der Waals surface area contributed by atoms with E-state index in [-0.39, 0.29) is 12.5 Å². The first-order valence-corrected chi connectivity index (χ1v) is 8.02. The van der Waals surface area contributed by atoms with Crippen molar-refractivity contribution in [2.24, 2.45) is 10.2 Å².